The van der Waals surface area contributed by atoms with Gasteiger partial charge in [0.1, 0.15) is 0 Å². The van der Waals surface area contributed by atoms with Crippen LogP contribution in [-0.4, -0.2) is 11.1 Å². The maximum atomic E-state index is 5.51. The molecule has 0 atom stereocenters. The highest BCUT2D eigenvalue weighted by Crippen LogP contribution is 2.20. The molecule has 14 heavy (non-hydrogen) atoms. The van der Waals surface area contributed by atoms with Gasteiger partial charge in [0.15, 0.2) is 0 Å². The van der Waals surface area contributed by atoms with Crippen LogP contribution >= 0.6 is 0 Å². The normalized spacial score (nSPS) is 11.0. The summed E-state index contributed by atoms with van der Waals surface area (Å²) in [5.41, 5.74) is 6.85. The molecular formula is C12H16N2. The van der Waals surface area contributed by atoms with Crippen LogP contribution in [0.3, 0.4) is 0 Å². The van der Waals surface area contributed by atoms with Crippen LogP contribution in [0.15, 0.2) is 30.5 Å². The van der Waals surface area contributed by atoms with E-state index in [1.54, 1.807) is 0 Å². The number of benzene rings is 1. The van der Waals surface area contributed by atoms with Gasteiger partial charge >= 0.3 is 0 Å². The summed E-state index contributed by atoms with van der Waals surface area (Å²) in [6.45, 7) is 3.95. The van der Waals surface area contributed by atoms with Crippen molar-refractivity contribution >= 4 is 10.8 Å². The zero-order valence-electron chi connectivity index (χ0n) is 8.53. The smallest absolute Gasteiger partial charge is 0.0234 e. The van der Waals surface area contributed by atoms with E-state index >= 15 is 0 Å². The summed E-state index contributed by atoms with van der Waals surface area (Å²) in [4.78, 5) is 0. The number of aromatic nitrogens is 1. The Morgan fingerprint density at radius 1 is 1.29 bits per heavy atom. The van der Waals surface area contributed by atoms with Gasteiger partial charge in [0.05, 0.1) is 0 Å². The zero-order chi connectivity index (χ0) is 9.97. The fraction of sp³-hybridized carbons (Fsp3) is 0.333. The van der Waals surface area contributed by atoms with Crippen molar-refractivity contribution in [2.24, 2.45) is 5.73 Å². The Bertz CT molecular complexity index is 429. The lowest BCUT2D eigenvalue weighted by atomic mass is 10.2. The summed E-state index contributed by atoms with van der Waals surface area (Å²) in [6, 6.07) is 8.49. The molecule has 0 radical (unpaired) electrons. The molecule has 0 aliphatic heterocycles. The van der Waals surface area contributed by atoms with Crippen LogP contribution in [0.1, 0.15) is 12.1 Å². The van der Waals surface area contributed by atoms with E-state index in [2.05, 4.69) is 42.0 Å². The molecule has 74 valence electrons. The Hall–Kier alpha value is -1.28. The van der Waals surface area contributed by atoms with Crippen LogP contribution in [0, 0.1) is 6.92 Å². The van der Waals surface area contributed by atoms with Crippen molar-refractivity contribution in [2.75, 3.05) is 6.54 Å². The fourth-order valence-corrected chi connectivity index (χ4v) is 1.85. The quantitative estimate of drug-likeness (QED) is 0.787. The topological polar surface area (TPSA) is 30.9 Å². The van der Waals surface area contributed by atoms with Crippen LogP contribution in [-0.2, 0) is 6.54 Å². The van der Waals surface area contributed by atoms with Gasteiger partial charge in [-0.2, -0.15) is 0 Å². The molecule has 0 spiro atoms. The second-order valence-electron chi connectivity index (χ2n) is 3.64. The predicted molar refractivity (Wildman–Crippen MR) is 60.3 cm³/mol. The zero-order valence-corrected chi connectivity index (χ0v) is 8.53. The highest BCUT2D eigenvalue weighted by Gasteiger charge is 2.02. The van der Waals surface area contributed by atoms with E-state index in [4.69, 9.17) is 5.73 Å². The third-order valence-electron chi connectivity index (χ3n) is 2.68. The SMILES string of the molecule is Cc1c2ccccc2cn1CCCN. The van der Waals surface area contributed by atoms with Crippen molar-refractivity contribution in [1.29, 1.82) is 0 Å². The number of aryl methyl sites for hydroxylation is 2. The van der Waals surface area contributed by atoms with Gasteiger partial charge in [-0.3, -0.25) is 0 Å². The first-order valence-corrected chi connectivity index (χ1v) is 5.07. The molecular weight excluding hydrogens is 172 g/mol. The average molecular weight is 188 g/mol. The Labute approximate surface area is 84.3 Å². The third kappa shape index (κ3) is 1.53. The standard InChI is InChI=1S/C12H16N2/c1-10-12-6-3-2-5-11(12)9-14(10)8-4-7-13/h2-3,5-6,9H,4,7-8,13H2,1H3. The van der Waals surface area contributed by atoms with Crippen LogP contribution in [0.2, 0.25) is 0 Å². The Morgan fingerprint density at radius 3 is 2.79 bits per heavy atom. The minimum atomic E-state index is 0.758. The molecule has 2 N–H and O–H groups in total. The molecule has 2 heteroatoms. The summed E-state index contributed by atoms with van der Waals surface area (Å²) in [6.07, 6.45) is 3.25. The lowest BCUT2D eigenvalue weighted by Crippen LogP contribution is -2.05. The first kappa shape index (κ1) is 9.28. The van der Waals surface area contributed by atoms with Crippen molar-refractivity contribution in [3.05, 3.63) is 36.2 Å². The monoisotopic (exact) mass is 188 g/mol. The fourth-order valence-electron chi connectivity index (χ4n) is 1.85. The van der Waals surface area contributed by atoms with E-state index in [-0.39, 0.29) is 0 Å². The van der Waals surface area contributed by atoms with Crippen molar-refractivity contribution < 1.29 is 0 Å². The van der Waals surface area contributed by atoms with Crippen molar-refractivity contribution in [1.82, 2.24) is 4.57 Å². The number of hydrogen-bond donors (Lipinski definition) is 1. The number of rotatable bonds is 3. The summed E-state index contributed by atoms with van der Waals surface area (Å²) in [7, 11) is 0. The van der Waals surface area contributed by atoms with Crippen LogP contribution in [0.5, 0.6) is 0 Å². The number of nitrogens with zero attached hydrogens (tertiary/aromatic N) is 1. The molecule has 0 fully saturated rings. The second kappa shape index (κ2) is 3.84. The van der Waals surface area contributed by atoms with Crippen LogP contribution < -0.4 is 5.73 Å². The Kier molecular flexibility index (Phi) is 2.55. The van der Waals surface area contributed by atoms with E-state index < -0.39 is 0 Å². The van der Waals surface area contributed by atoms with Gasteiger partial charge < -0.3 is 10.3 Å². The van der Waals surface area contributed by atoms with Crippen molar-refractivity contribution in [3.63, 3.8) is 0 Å². The second-order valence-corrected chi connectivity index (χ2v) is 3.64. The van der Waals surface area contributed by atoms with Gasteiger partial charge in [-0.15, -0.1) is 0 Å². The van der Waals surface area contributed by atoms with Crippen molar-refractivity contribution in [2.45, 2.75) is 19.9 Å². The summed E-state index contributed by atoms with van der Waals surface area (Å²) in [5, 5.41) is 2.67. The maximum absolute atomic E-state index is 5.51. The predicted octanol–water partition coefficient (Wildman–Crippen LogP) is 2.30. The van der Waals surface area contributed by atoms with Gasteiger partial charge in [-0.25, -0.2) is 0 Å². The Morgan fingerprint density at radius 2 is 2.07 bits per heavy atom. The van der Waals surface area contributed by atoms with Gasteiger partial charge in [0.2, 0.25) is 0 Å². The van der Waals surface area contributed by atoms with Crippen LogP contribution in [0.25, 0.3) is 10.8 Å². The molecule has 0 saturated heterocycles. The molecule has 0 saturated carbocycles. The number of fused-ring (bicyclic) bond motifs is 1. The summed E-state index contributed by atoms with van der Waals surface area (Å²) in [5.74, 6) is 0. The third-order valence-corrected chi connectivity index (χ3v) is 2.68. The van der Waals surface area contributed by atoms with Gasteiger partial charge in [-0.1, -0.05) is 24.3 Å². The Balaban J connectivity index is 2.41. The highest BCUT2D eigenvalue weighted by atomic mass is 15.0. The number of nitrogens with two attached hydrogens (primary N) is 1. The van der Waals surface area contributed by atoms with E-state index in [0.29, 0.717) is 0 Å². The molecule has 1 aromatic carbocycles. The van der Waals surface area contributed by atoms with E-state index in [1.165, 1.54) is 16.5 Å². The first-order chi connectivity index (χ1) is 6.83. The van der Waals surface area contributed by atoms with Crippen LogP contribution in [0.4, 0.5) is 0 Å². The molecule has 2 aromatic rings. The van der Waals surface area contributed by atoms with Gasteiger partial charge in [0, 0.05) is 23.8 Å². The summed E-state index contributed by atoms with van der Waals surface area (Å²) >= 11 is 0. The molecule has 2 nitrogen and oxygen atoms in total. The van der Waals surface area contributed by atoms with Gasteiger partial charge in [-0.05, 0) is 25.3 Å². The minimum Gasteiger partial charge on any atom is -0.350 e. The molecule has 1 heterocycles. The van der Waals surface area contributed by atoms with E-state index in [1.807, 2.05) is 0 Å². The molecule has 0 amide bonds. The van der Waals surface area contributed by atoms with E-state index in [0.717, 1.165) is 19.5 Å². The van der Waals surface area contributed by atoms with Crippen molar-refractivity contribution in [3.8, 4) is 0 Å². The molecule has 0 aliphatic carbocycles. The van der Waals surface area contributed by atoms with Gasteiger partial charge in [0.25, 0.3) is 0 Å². The first-order valence-electron chi connectivity index (χ1n) is 5.07. The largest absolute Gasteiger partial charge is 0.350 e. The summed E-state index contributed by atoms with van der Waals surface area (Å²) < 4.78 is 2.29. The van der Waals surface area contributed by atoms with E-state index in [9.17, 15) is 0 Å². The minimum absolute atomic E-state index is 0.758. The highest BCUT2D eigenvalue weighted by molar-refractivity contribution is 5.85. The number of hydrogen-bond acceptors (Lipinski definition) is 1. The molecule has 0 bridgehead atoms. The average Bonchev–Trinajstić information content (AvgIpc) is 2.54. The maximum Gasteiger partial charge on any atom is 0.0234 e. The lowest BCUT2D eigenvalue weighted by molar-refractivity contribution is 0.642. The molecule has 2 rings (SSSR count). The lowest BCUT2D eigenvalue weighted by Gasteiger charge is -2.03. The molecule has 0 aliphatic rings. The molecule has 0 unspecified atom stereocenters. The molecule has 1 aromatic heterocycles.